The van der Waals surface area contributed by atoms with Gasteiger partial charge in [0.25, 0.3) is 0 Å². The van der Waals surface area contributed by atoms with Crippen molar-refractivity contribution in [3.63, 3.8) is 0 Å². The predicted molar refractivity (Wildman–Crippen MR) is 72.1 cm³/mol. The molecule has 16 heavy (non-hydrogen) atoms. The van der Waals surface area contributed by atoms with Crippen molar-refractivity contribution in [2.75, 3.05) is 0 Å². The molecule has 0 saturated heterocycles. The normalized spacial score (nSPS) is 12.5. The molecule has 1 aromatic heterocycles. The SMILES string of the molecule is C=Cc1ccc(CC(C)C(C)C)nc1C=C. The first kappa shape index (κ1) is 12.7. The van der Waals surface area contributed by atoms with Crippen molar-refractivity contribution in [3.05, 3.63) is 42.2 Å². The molecule has 1 unspecified atom stereocenters. The molecule has 1 heteroatoms. The van der Waals surface area contributed by atoms with Crippen LogP contribution >= 0.6 is 0 Å². The van der Waals surface area contributed by atoms with Gasteiger partial charge in [0.05, 0.1) is 5.69 Å². The Kier molecular flexibility index (Phi) is 4.48. The topological polar surface area (TPSA) is 12.9 Å². The largest absolute Gasteiger partial charge is 0.253 e. The van der Waals surface area contributed by atoms with Gasteiger partial charge in [0.2, 0.25) is 0 Å². The molecule has 1 atom stereocenters. The highest BCUT2D eigenvalue weighted by Gasteiger charge is 2.09. The maximum atomic E-state index is 4.60. The smallest absolute Gasteiger partial charge is 0.0699 e. The molecule has 0 aromatic carbocycles. The van der Waals surface area contributed by atoms with E-state index in [1.165, 1.54) is 0 Å². The first-order valence-corrected chi connectivity index (χ1v) is 5.83. The van der Waals surface area contributed by atoms with Gasteiger partial charge in [-0.15, -0.1) is 0 Å². The molecule has 0 fully saturated rings. The summed E-state index contributed by atoms with van der Waals surface area (Å²) in [5.41, 5.74) is 3.13. The third-order valence-electron chi connectivity index (χ3n) is 3.10. The molecule has 0 bridgehead atoms. The summed E-state index contributed by atoms with van der Waals surface area (Å²) >= 11 is 0. The molecule has 86 valence electrons. The van der Waals surface area contributed by atoms with Gasteiger partial charge in [-0.25, -0.2) is 0 Å². The van der Waals surface area contributed by atoms with Crippen LogP contribution < -0.4 is 0 Å². The van der Waals surface area contributed by atoms with Crippen molar-refractivity contribution < 1.29 is 0 Å². The zero-order valence-electron chi connectivity index (χ0n) is 10.5. The number of nitrogens with zero attached hydrogens (tertiary/aromatic N) is 1. The van der Waals surface area contributed by atoms with Crippen molar-refractivity contribution in [3.8, 4) is 0 Å². The second kappa shape index (κ2) is 5.64. The molecule has 0 amide bonds. The standard InChI is InChI=1S/C15H21N/c1-6-13-8-9-14(16-15(13)7-2)10-12(5)11(3)4/h6-9,11-12H,1-2,10H2,3-5H3. The molecule has 0 N–H and O–H groups in total. The third-order valence-corrected chi connectivity index (χ3v) is 3.10. The maximum absolute atomic E-state index is 4.60. The molecule has 0 aliphatic rings. The van der Waals surface area contributed by atoms with Crippen LogP contribution in [0.4, 0.5) is 0 Å². The zero-order valence-corrected chi connectivity index (χ0v) is 10.5. The molecule has 1 aromatic rings. The fraction of sp³-hybridized carbons (Fsp3) is 0.400. The lowest BCUT2D eigenvalue weighted by Gasteiger charge is -2.15. The van der Waals surface area contributed by atoms with E-state index in [-0.39, 0.29) is 0 Å². The molecule has 0 aliphatic carbocycles. The van der Waals surface area contributed by atoms with Crippen LogP contribution in [-0.2, 0) is 6.42 Å². The van der Waals surface area contributed by atoms with Crippen molar-refractivity contribution >= 4 is 12.2 Å². The molecule has 0 radical (unpaired) electrons. The minimum atomic E-state index is 0.653. The molecule has 0 saturated carbocycles. The second-order valence-corrected chi connectivity index (χ2v) is 4.61. The highest BCUT2D eigenvalue weighted by Crippen LogP contribution is 2.17. The van der Waals surface area contributed by atoms with Crippen molar-refractivity contribution in [1.29, 1.82) is 0 Å². The van der Waals surface area contributed by atoms with E-state index in [2.05, 4.69) is 51.0 Å². The van der Waals surface area contributed by atoms with Crippen LogP contribution in [0, 0.1) is 11.8 Å². The van der Waals surface area contributed by atoms with Crippen LogP contribution in [0.15, 0.2) is 25.3 Å². The van der Waals surface area contributed by atoms with E-state index in [1.807, 2.05) is 6.08 Å². The molecular formula is C15H21N. The van der Waals surface area contributed by atoms with Crippen LogP contribution in [0.3, 0.4) is 0 Å². The van der Waals surface area contributed by atoms with E-state index in [9.17, 15) is 0 Å². The Morgan fingerprint density at radius 2 is 1.88 bits per heavy atom. The van der Waals surface area contributed by atoms with Gasteiger partial charge in [0.15, 0.2) is 0 Å². The van der Waals surface area contributed by atoms with Gasteiger partial charge < -0.3 is 0 Å². The van der Waals surface area contributed by atoms with Crippen LogP contribution in [0.25, 0.3) is 12.2 Å². The maximum Gasteiger partial charge on any atom is 0.0699 e. The summed E-state index contributed by atoms with van der Waals surface area (Å²) in [6.45, 7) is 14.3. The Bertz CT molecular complexity index is 377. The first-order chi connectivity index (χ1) is 7.58. The molecule has 0 spiro atoms. The van der Waals surface area contributed by atoms with Gasteiger partial charge in [-0.1, -0.05) is 46.1 Å². The summed E-state index contributed by atoms with van der Waals surface area (Å²) in [7, 11) is 0. The van der Waals surface area contributed by atoms with E-state index >= 15 is 0 Å². The highest BCUT2D eigenvalue weighted by molar-refractivity contribution is 5.60. The van der Waals surface area contributed by atoms with Crippen LogP contribution in [0.5, 0.6) is 0 Å². The average molecular weight is 215 g/mol. The van der Waals surface area contributed by atoms with E-state index in [1.54, 1.807) is 6.08 Å². The first-order valence-electron chi connectivity index (χ1n) is 5.83. The number of hydrogen-bond donors (Lipinski definition) is 0. The van der Waals surface area contributed by atoms with E-state index in [0.29, 0.717) is 11.8 Å². The number of aromatic nitrogens is 1. The minimum absolute atomic E-state index is 0.653. The predicted octanol–water partition coefficient (Wildman–Crippen LogP) is 4.20. The van der Waals surface area contributed by atoms with Crippen molar-refractivity contribution in [1.82, 2.24) is 4.98 Å². The summed E-state index contributed by atoms with van der Waals surface area (Å²) in [6.07, 6.45) is 4.64. The highest BCUT2D eigenvalue weighted by atomic mass is 14.7. The Morgan fingerprint density at radius 1 is 1.19 bits per heavy atom. The Morgan fingerprint density at radius 3 is 2.38 bits per heavy atom. The molecule has 0 aliphatic heterocycles. The lowest BCUT2D eigenvalue weighted by atomic mass is 9.93. The average Bonchev–Trinajstić information content (AvgIpc) is 2.28. The zero-order chi connectivity index (χ0) is 12.1. The van der Waals surface area contributed by atoms with Gasteiger partial charge in [-0.2, -0.15) is 0 Å². The van der Waals surface area contributed by atoms with Crippen molar-refractivity contribution in [2.24, 2.45) is 11.8 Å². The number of rotatable bonds is 5. The lowest BCUT2D eigenvalue weighted by Crippen LogP contribution is -2.09. The second-order valence-electron chi connectivity index (χ2n) is 4.61. The van der Waals surface area contributed by atoms with Crippen LogP contribution in [0.1, 0.15) is 37.7 Å². The summed E-state index contributed by atoms with van der Waals surface area (Å²) < 4.78 is 0. The van der Waals surface area contributed by atoms with Gasteiger partial charge in [-0.05, 0) is 36.0 Å². The summed E-state index contributed by atoms with van der Waals surface area (Å²) in [5.74, 6) is 1.34. The van der Waals surface area contributed by atoms with Gasteiger partial charge in [0, 0.05) is 5.69 Å². The molecule has 1 heterocycles. The molecule has 1 rings (SSSR count). The fourth-order valence-electron chi connectivity index (χ4n) is 1.54. The Balaban J connectivity index is 2.91. The van der Waals surface area contributed by atoms with Crippen molar-refractivity contribution in [2.45, 2.75) is 27.2 Å². The lowest BCUT2D eigenvalue weighted by molar-refractivity contribution is 0.413. The minimum Gasteiger partial charge on any atom is -0.253 e. The van der Waals surface area contributed by atoms with E-state index < -0.39 is 0 Å². The van der Waals surface area contributed by atoms with E-state index in [0.717, 1.165) is 23.4 Å². The quantitative estimate of drug-likeness (QED) is 0.717. The van der Waals surface area contributed by atoms with E-state index in [4.69, 9.17) is 0 Å². The van der Waals surface area contributed by atoms with Crippen LogP contribution in [-0.4, -0.2) is 4.98 Å². The Labute approximate surface area is 98.9 Å². The van der Waals surface area contributed by atoms with Gasteiger partial charge in [-0.3, -0.25) is 4.98 Å². The monoisotopic (exact) mass is 215 g/mol. The summed E-state index contributed by atoms with van der Waals surface area (Å²) in [4.78, 5) is 4.60. The number of hydrogen-bond acceptors (Lipinski definition) is 1. The van der Waals surface area contributed by atoms with Crippen LogP contribution in [0.2, 0.25) is 0 Å². The fourth-order valence-corrected chi connectivity index (χ4v) is 1.54. The molecular weight excluding hydrogens is 194 g/mol. The van der Waals surface area contributed by atoms with Gasteiger partial charge in [0.1, 0.15) is 0 Å². The van der Waals surface area contributed by atoms with Gasteiger partial charge >= 0.3 is 0 Å². The number of pyridine rings is 1. The summed E-state index contributed by atoms with van der Waals surface area (Å²) in [5, 5.41) is 0. The Hall–Kier alpha value is -1.37. The summed E-state index contributed by atoms with van der Waals surface area (Å²) in [6, 6.07) is 4.16. The third kappa shape index (κ3) is 3.06. The molecule has 1 nitrogen and oxygen atoms in total.